The van der Waals surface area contributed by atoms with Crippen LogP contribution in [-0.2, 0) is 6.54 Å². The van der Waals surface area contributed by atoms with Crippen molar-refractivity contribution in [1.82, 2.24) is 15.1 Å². The van der Waals surface area contributed by atoms with E-state index in [9.17, 15) is 9.59 Å². The minimum atomic E-state index is -0.279. The number of furan rings is 1. The summed E-state index contributed by atoms with van der Waals surface area (Å²) in [7, 11) is 0. The Morgan fingerprint density at radius 2 is 2.26 bits per heavy atom. The van der Waals surface area contributed by atoms with Crippen molar-refractivity contribution in [3.63, 3.8) is 0 Å². The van der Waals surface area contributed by atoms with Gasteiger partial charge in [0.15, 0.2) is 10.4 Å². The van der Waals surface area contributed by atoms with Crippen LogP contribution in [0.5, 0.6) is 0 Å². The van der Waals surface area contributed by atoms with Crippen LogP contribution in [0.2, 0.25) is 0 Å². The van der Waals surface area contributed by atoms with Crippen molar-refractivity contribution >= 4 is 21.8 Å². The molecule has 0 atom stereocenters. The second-order valence-corrected chi connectivity index (χ2v) is 4.58. The van der Waals surface area contributed by atoms with E-state index in [0.29, 0.717) is 24.2 Å². The highest BCUT2D eigenvalue weighted by atomic mass is 79.9. The standard InChI is InChI=1S/C12H12BrN3O3/c13-10-5-4-9(19-10)12(18)14-6-2-8-16-11(17)3-1-7-15-16/h1,3-5,7H,2,6,8H2,(H,14,18). The summed E-state index contributed by atoms with van der Waals surface area (Å²) in [5.41, 5.74) is -0.149. The van der Waals surface area contributed by atoms with Gasteiger partial charge < -0.3 is 9.73 Å². The van der Waals surface area contributed by atoms with Crippen molar-refractivity contribution in [3.05, 3.63) is 51.2 Å². The molecule has 7 heteroatoms. The van der Waals surface area contributed by atoms with E-state index >= 15 is 0 Å². The Morgan fingerprint density at radius 3 is 2.95 bits per heavy atom. The second kappa shape index (κ2) is 6.33. The SMILES string of the molecule is O=C(NCCCn1ncccc1=O)c1ccc(Br)o1. The smallest absolute Gasteiger partial charge is 0.287 e. The molecule has 0 aliphatic heterocycles. The molecule has 2 aromatic rings. The molecule has 1 N–H and O–H groups in total. The zero-order chi connectivity index (χ0) is 13.7. The van der Waals surface area contributed by atoms with E-state index in [1.165, 1.54) is 10.7 Å². The summed E-state index contributed by atoms with van der Waals surface area (Å²) in [6.45, 7) is 0.905. The minimum Gasteiger partial charge on any atom is -0.444 e. The molecular weight excluding hydrogens is 314 g/mol. The van der Waals surface area contributed by atoms with Crippen molar-refractivity contribution in [1.29, 1.82) is 0 Å². The van der Waals surface area contributed by atoms with Gasteiger partial charge in [-0.25, -0.2) is 4.68 Å². The average Bonchev–Trinajstić information content (AvgIpc) is 2.83. The molecule has 0 fully saturated rings. The molecule has 0 saturated carbocycles. The Morgan fingerprint density at radius 1 is 1.42 bits per heavy atom. The number of aromatic nitrogens is 2. The number of nitrogens with one attached hydrogen (secondary N) is 1. The summed E-state index contributed by atoms with van der Waals surface area (Å²) in [6, 6.07) is 6.28. The van der Waals surface area contributed by atoms with Crippen molar-refractivity contribution in [3.8, 4) is 0 Å². The quantitative estimate of drug-likeness (QED) is 0.843. The van der Waals surface area contributed by atoms with E-state index in [1.54, 1.807) is 24.4 Å². The Labute approximate surface area is 117 Å². The number of nitrogens with zero attached hydrogens (tertiary/aromatic N) is 2. The van der Waals surface area contributed by atoms with Gasteiger partial charge in [0.2, 0.25) is 0 Å². The first kappa shape index (κ1) is 13.5. The molecule has 1 amide bonds. The Kier molecular flexibility index (Phi) is 4.51. The van der Waals surface area contributed by atoms with Crippen LogP contribution >= 0.6 is 15.9 Å². The number of hydrogen-bond donors (Lipinski definition) is 1. The highest BCUT2D eigenvalue weighted by Crippen LogP contribution is 2.13. The van der Waals surface area contributed by atoms with E-state index in [-0.39, 0.29) is 17.2 Å². The van der Waals surface area contributed by atoms with Gasteiger partial charge in [-0.3, -0.25) is 9.59 Å². The summed E-state index contributed by atoms with van der Waals surface area (Å²) >= 11 is 3.13. The molecule has 0 radical (unpaired) electrons. The van der Waals surface area contributed by atoms with Gasteiger partial charge >= 0.3 is 0 Å². The van der Waals surface area contributed by atoms with Crippen LogP contribution < -0.4 is 10.9 Å². The number of carbonyl (C=O) groups excluding carboxylic acids is 1. The van der Waals surface area contributed by atoms with Gasteiger partial charge in [-0.2, -0.15) is 5.10 Å². The molecule has 6 nitrogen and oxygen atoms in total. The fourth-order valence-electron chi connectivity index (χ4n) is 1.51. The molecule has 2 aromatic heterocycles. The normalized spacial score (nSPS) is 10.4. The van der Waals surface area contributed by atoms with Crippen molar-refractivity contribution in [2.24, 2.45) is 0 Å². The highest BCUT2D eigenvalue weighted by Gasteiger charge is 2.09. The topological polar surface area (TPSA) is 77.1 Å². The molecule has 19 heavy (non-hydrogen) atoms. The predicted molar refractivity (Wildman–Crippen MR) is 71.9 cm³/mol. The van der Waals surface area contributed by atoms with Gasteiger partial charge in [-0.15, -0.1) is 0 Å². The molecule has 0 unspecified atom stereocenters. The molecule has 0 bridgehead atoms. The second-order valence-electron chi connectivity index (χ2n) is 3.80. The van der Waals surface area contributed by atoms with Crippen LogP contribution in [0.4, 0.5) is 0 Å². The van der Waals surface area contributed by atoms with E-state index in [2.05, 4.69) is 26.3 Å². The first-order valence-corrected chi connectivity index (χ1v) is 6.52. The van der Waals surface area contributed by atoms with E-state index in [0.717, 1.165) is 0 Å². The lowest BCUT2D eigenvalue weighted by Crippen LogP contribution is -2.27. The lowest BCUT2D eigenvalue weighted by molar-refractivity contribution is 0.0923. The maximum absolute atomic E-state index is 11.6. The lowest BCUT2D eigenvalue weighted by atomic mass is 10.4. The summed E-state index contributed by atoms with van der Waals surface area (Å²) in [5.74, 6) is -0.0269. The van der Waals surface area contributed by atoms with Gasteiger partial charge in [-0.05, 0) is 40.5 Å². The Balaban J connectivity index is 1.77. The van der Waals surface area contributed by atoms with E-state index in [4.69, 9.17) is 4.42 Å². The largest absolute Gasteiger partial charge is 0.444 e. The monoisotopic (exact) mass is 325 g/mol. The van der Waals surface area contributed by atoms with Crippen molar-refractivity contribution in [2.75, 3.05) is 6.54 Å². The number of amides is 1. The van der Waals surface area contributed by atoms with Crippen molar-refractivity contribution in [2.45, 2.75) is 13.0 Å². The molecule has 0 aromatic carbocycles. The molecular formula is C12H12BrN3O3. The van der Waals surface area contributed by atoms with Gasteiger partial charge in [0.05, 0.1) is 0 Å². The lowest BCUT2D eigenvalue weighted by Gasteiger charge is -2.04. The molecule has 0 aliphatic carbocycles. The molecule has 100 valence electrons. The van der Waals surface area contributed by atoms with Crippen LogP contribution in [-0.4, -0.2) is 22.2 Å². The zero-order valence-electron chi connectivity index (χ0n) is 10.0. The summed E-state index contributed by atoms with van der Waals surface area (Å²) < 4.78 is 6.99. The molecule has 2 rings (SSSR count). The fraction of sp³-hybridized carbons (Fsp3) is 0.250. The van der Waals surface area contributed by atoms with Crippen LogP contribution in [0, 0.1) is 0 Å². The van der Waals surface area contributed by atoms with Crippen LogP contribution in [0.1, 0.15) is 17.0 Å². The van der Waals surface area contributed by atoms with Crippen LogP contribution in [0.25, 0.3) is 0 Å². The van der Waals surface area contributed by atoms with Crippen LogP contribution in [0.15, 0.2) is 44.3 Å². The number of carbonyl (C=O) groups is 1. The molecule has 0 saturated heterocycles. The van der Waals surface area contributed by atoms with Gasteiger partial charge in [0.25, 0.3) is 11.5 Å². The molecule has 0 aliphatic rings. The van der Waals surface area contributed by atoms with Gasteiger partial charge in [0.1, 0.15) is 0 Å². The maximum Gasteiger partial charge on any atom is 0.287 e. The number of aryl methyl sites for hydroxylation is 1. The van der Waals surface area contributed by atoms with Gasteiger partial charge in [0, 0.05) is 25.4 Å². The van der Waals surface area contributed by atoms with Gasteiger partial charge in [-0.1, -0.05) is 0 Å². The summed E-state index contributed by atoms with van der Waals surface area (Å²) in [6.07, 6.45) is 2.17. The predicted octanol–water partition coefficient (Wildman–Crippen LogP) is 1.42. The maximum atomic E-state index is 11.6. The minimum absolute atomic E-state index is 0.149. The summed E-state index contributed by atoms with van der Waals surface area (Å²) in [4.78, 5) is 23.0. The Hall–Kier alpha value is -1.89. The number of halogens is 1. The number of rotatable bonds is 5. The molecule has 0 spiro atoms. The van der Waals surface area contributed by atoms with Crippen molar-refractivity contribution < 1.29 is 9.21 Å². The average molecular weight is 326 g/mol. The third kappa shape index (κ3) is 3.78. The zero-order valence-corrected chi connectivity index (χ0v) is 11.6. The third-order valence-electron chi connectivity index (χ3n) is 2.41. The Bertz CT molecular complexity index is 620. The van der Waals surface area contributed by atoms with E-state index < -0.39 is 0 Å². The first-order chi connectivity index (χ1) is 9.16. The highest BCUT2D eigenvalue weighted by molar-refractivity contribution is 9.10. The summed E-state index contributed by atoms with van der Waals surface area (Å²) in [5, 5.41) is 6.63. The fourth-order valence-corrected chi connectivity index (χ4v) is 1.82. The molecule has 2 heterocycles. The number of hydrogen-bond acceptors (Lipinski definition) is 4. The first-order valence-electron chi connectivity index (χ1n) is 5.72. The third-order valence-corrected chi connectivity index (χ3v) is 2.84. The van der Waals surface area contributed by atoms with Crippen LogP contribution in [0.3, 0.4) is 0 Å². The van der Waals surface area contributed by atoms with E-state index in [1.807, 2.05) is 0 Å².